The molecule has 2 N–H and O–H groups in total. The Morgan fingerprint density at radius 3 is 1.10 bits per heavy atom. The fraction of sp³-hybridized carbons (Fsp3) is 0.0526. The molecule has 0 unspecified atom stereocenters. The second kappa shape index (κ2) is 8.43. The van der Waals surface area contributed by atoms with Crippen molar-refractivity contribution < 1.29 is 0 Å². The summed E-state index contributed by atoms with van der Waals surface area (Å²) in [4.78, 5) is 0. The third-order valence-corrected chi connectivity index (χ3v) is 2.84. The molecular formula is C19H20N2. The third kappa shape index (κ3) is 5.83. The van der Waals surface area contributed by atoms with Gasteiger partial charge in [-0.25, -0.2) is 0 Å². The molecule has 3 aromatic carbocycles. The summed E-state index contributed by atoms with van der Waals surface area (Å²) >= 11 is 0. The zero-order chi connectivity index (χ0) is 14.8. The summed E-state index contributed by atoms with van der Waals surface area (Å²) in [7, 11) is 0. The maximum atomic E-state index is 3.11. The monoisotopic (exact) mass is 276 g/mol. The van der Waals surface area contributed by atoms with Gasteiger partial charge in [0.1, 0.15) is 0 Å². The van der Waals surface area contributed by atoms with Crippen LogP contribution in [0.3, 0.4) is 0 Å². The maximum absolute atomic E-state index is 3.11. The zero-order valence-corrected chi connectivity index (χ0v) is 12.2. The number of hydrogen-bond donors (Lipinski definition) is 2. The van der Waals surface area contributed by atoms with Crippen molar-refractivity contribution in [2.75, 3.05) is 10.9 Å². The standard InChI is InChI=1S/C12H12N2.C7H8/c1-3-7-11(8-4-1)13-14-12-9-5-2-6-10-12;1-7-5-3-2-4-6-7/h1-10,13-14H;2-6H,1H3. The molecule has 0 aliphatic carbocycles. The molecule has 2 nitrogen and oxygen atoms in total. The van der Waals surface area contributed by atoms with Crippen molar-refractivity contribution in [2.45, 2.75) is 6.92 Å². The van der Waals surface area contributed by atoms with Gasteiger partial charge in [0.15, 0.2) is 0 Å². The normalized spacial score (nSPS) is 9.19. The second-order valence-corrected chi connectivity index (χ2v) is 4.64. The average Bonchev–Trinajstić information content (AvgIpc) is 2.56. The lowest BCUT2D eigenvalue weighted by atomic mass is 10.2. The maximum Gasteiger partial charge on any atom is 0.0539 e. The van der Waals surface area contributed by atoms with Gasteiger partial charge in [0, 0.05) is 0 Å². The Balaban J connectivity index is 0.000000194. The quantitative estimate of drug-likeness (QED) is 0.649. The predicted octanol–water partition coefficient (Wildman–Crippen LogP) is 5.12. The van der Waals surface area contributed by atoms with Gasteiger partial charge in [0.05, 0.1) is 11.4 Å². The molecule has 0 heterocycles. The van der Waals surface area contributed by atoms with E-state index in [1.807, 2.05) is 78.9 Å². The first-order chi connectivity index (χ1) is 10.3. The van der Waals surface area contributed by atoms with Crippen LogP contribution in [0.4, 0.5) is 11.4 Å². The first kappa shape index (κ1) is 14.7. The van der Waals surface area contributed by atoms with Crippen molar-refractivity contribution in [3.8, 4) is 0 Å². The van der Waals surface area contributed by atoms with Crippen molar-refractivity contribution >= 4 is 11.4 Å². The van der Waals surface area contributed by atoms with Crippen molar-refractivity contribution in [3.05, 3.63) is 96.6 Å². The minimum Gasteiger partial charge on any atom is -0.301 e. The van der Waals surface area contributed by atoms with Crippen LogP contribution in [0.2, 0.25) is 0 Å². The number of aryl methyl sites for hydroxylation is 1. The molecule has 0 radical (unpaired) electrons. The number of hydrazine groups is 1. The largest absolute Gasteiger partial charge is 0.301 e. The van der Waals surface area contributed by atoms with E-state index in [0.29, 0.717) is 0 Å². The van der Waals surface area contributed by atoms with E-state index in [9.17, 15) is 0 Å². The molecule has 0 aromatic heterocycles. The van der Waals surface area contributed by atoms with Gasteiger partial charge >= 0.3 is 0 Å². The summed E-state index contributed by atoms with van der Waals surface area (Å²) in [5.74, 6) is 0. The van der Waals surface area contributed by atoms with Crippen LogP contribution in [-0.4, -0.2) is 0 Å². The topological polar surface area (TPSA) is 24.1 Å². The van der Waals surface area contributed by atoms with E-state index in [-0.39, 0.29) is 0 Å². The van der Waals surface area contributed by atoms with E-state index in [0.717, 1.165) is 11.4 Å². The second-order valence-electron chi connectivity index (χ2n) is 4.64. The summed E-state index contributed by atoms with van der Waals surface area (Å²) in [6.45, 7) is 2.08. The van der Waals surface area contributed by atoms with E-state index >= 15 is 0 Å². The highest BCUT2D eigenvalue weighted by Crippen LogP contribution is 2.08. The van der Waals surface area contributed by atoms with Crippen LogP contribution in [0.5, 0.6) is 0 Å². The van der Waals surface area contributed by atoms with Gasteiger partial charge in [-0.15, -0.1) is 0 Å². The number of para-hydroxylation sites is 2. The van der Waals surface area contributed by atoms with E-state index < -0.39 is 0 Å². The molecule has 0 saturated heterocycles. The van der Waals surface area contributed by atoms with Gasteiger partial charge in [-0.3, -0.25) is 0 Å². The van der Waals surface area contributed by atoms with Crippen LogP contribution in [0.25, 0.3) is 0 Å². The van der Waals surface area contributed by atoms with Crippen molar-refractivity contribution in [3.63, 3.8) is 0 Å². The first-order valence-electron chi connectivity index (χ1n) is 6.98. The molecule has 0 fully saturated rings. The molecule has 0 bridgehead atoms. The van der Waals surface area contributed by atoms with Crippen LogP contribution >= 0.6 is 0 Å². The number of anilines is 2. The third-order valence-electron chi connectivity index (χ3n) is 2.84. The highest BCUT2D eigenvalue weighted by Gasteiger charge is 1.88. The van der Waals surface area contributed by atoms with Gasteiger partial charge in [0.25, 0.3) is 0 Å². The van der Waals surface area contributed by atoms with E-state index in [1.165, 1.54) is 5.56 Å². The van der Waals surface area contributed by atoms with Gasteiger partial charge in [0.2, 0.25) is 0 Å². The predicted molar refractivity (Wildman–Crippen MR) is 91.3 cm³/mol. The number of nitrogens with one attached hydrogen (secondary N) is 2. The van der Waals surface area contributed by atoms with Crippen LogP contribution < -0.4 is 10.9 Å². The Bertz CT molecular complexity index is 567. The van der Waals surface area contributed by atoms with Gasteiger partial charge in [-0.05, 0) is 31.2 Å². The van der Waals surface area contributed by atoms with Crippen molar-refractivity contribution in [1.29, 1.82) is 0 Å². The van der Waals surface area contributed by atoms with Crippen LogP contribution in [0, 0.1) is 6.92 Å². The zero-order valence-electron chi connectivity index (χ0n) is 12.2. The lowest BCUT2D eigenvalue weighted by molar-refractivity contribution is 1.41. The molecule has 0 aliphatic rings. The Kier molecular flexibility index (Phi) is 5.89. The highest BCUT2D eigenvalue weighted by atomic mass is 15.4. The van der Waals surface area contributed by atoms with Crippen LogP contribution in [0.15, 0.2) is 91.0 Å². The van der Waals surface area contributed by atoms with Crippen LogP contribution in [0.1, 0.15) is 5.56 Å². The fourth-order valence-electron chi connectivity index (χ4n) is 1.72. The molecule has 0 amide bonds. The molecule has 2 heteroatoms. The number of hydrogen-bond acceptors (Lipinski definition) is 2. The fourth-order valence-corrected chi connectivity index (χ4v) is 1.72. The highest BCUT2D eigenvalue weighted by molar-refractivity contribution is 5.51. The minimum atomic E-state index is 1.05. The SMILES string of the molecule is Cc1ccccc1.c1ccc(NNc2ccccc2)cc1. The molecule has 0 saturated carbocycles. The van der Waals surface area contributed by atoms with E-state index in [4.69, 9.17) is 0 Å². The number of benzene rings is 3. The molecule has 106 valence electrons. The molecule has 21 heavy (non-hydrogen) atoms. The molecule has 3 aromatic rings. The smallest absolute Gasteiger partial charge is 0.0539 e. The Hall–Kier alpha value is -2.74. The molecule has 0 atom stereocenters. The summed E-state index contributed by atoms with van der Waals surface area (Å²) in [5, 5.41) is 0. The van der Waals surface area contributed by atoms with Crippen molar-refractivity contribution in [1.82, 2.24) is 0 Å². The first-order valence-corrected chi connectivity index (χ1v) is 6.98. The summed E-state index contributed by atoms with van der Waals surface area (Å²) in [6, 6.07) is 30.3. The number of rotatable bonds is 3. The Labute approximate surface area is 126 Å². The van der Waals surface area contributed by atoms with E-state index in [2.05, 4.69) is 29.9 Å². The van der Waals surface area contributed by atoms with Crippen molar-refractivity contribution in [2.24, 2.45) is 0 Å². The average molecular weight is 276 g/mol. The summed E-state index contributed by atoms with van der Waals surface area (Å²) in [6.07, 6.45) is 0. The molecule has 0 aliphatic heterocycles. The van der Waals surface area contributed by atoms with Gasteiger partial charge < -0.3 is 10.9 Å². The minimum absolute atomic E-state index is 1.05. The Morgan fingerprint density at radius 1 is 0.476 bits per heavy atom. The lowest BCUT2D eigenvalue weighted by Crippen LogP contribution is -2.07. The molecular weight excluding hydrogens is 256 g/mol. The molecule has 3 rings (SSSR count). The lowest BCUT2D eigenvalue weighted by Gasteiger charge is -2.08. The Morgan fingerprint density at radius 2 is 0.810 bits per heavy atom. The van der Waals surface area contributed by atoms with Gasteiger partial charge in [-0.1, -0.05) is 72.3 Å². The van der Waals surface area contributed by atoms with Crippen LogP contribution in [-0.2, 0) is 0 Å². The molecule has 0 spiro atoms. The van der Waals surface area contributed by atoms with Gasteiger partial charge in [-0.2, -0.15) is 0 Å². The summed E-state index contributed by atoms with van der Waals surface area (Å²) in [5.41, 5.74) is 9.65. The van der Waals surface area contributed by atoms with E-state index in [1.54, 1.807) is 0 Å². The summed E-state index contributed by atoms with van der Waals surface area (Å²) < 4.78 is 0.